The van der Waals surface area contributed by atoms with E-state index < -0.39 is 0 Å². The Hall–Kier alpha value is -0.550. The first-order valence-corrected chi connectivity index (χ1v) is 7.82. The maximum atomic E-state index is 10.5. The van der Waals surface area contributed by atoms with Gasteiger partial charge in [0.1, 0.15) is 0 Å². The summed E-state index contributed by atoms with van der Waals surface area (Å²) in [5, 5.41) is 20.0. The lowest BCUT2D eigenvalue weighted by Crippen LogP contribution is -2.38. The van der Waals surface area contributed by atoms with Crippen molar-refractivity contribution in [1.29, 1.82) is 5.26 Å². The molecule has 2 saturated carbocycles. The molecule has 0 saturated heterocycles. The van der Waals surface area contributed by atoms with Crippen molar-refractivity contribution in [3.8, 4) is 6.07 Å². The van der Waals surface area contributed by atoms with E-state index in [9.17, 15) is 10.4 Å². The first-order chi connectivity index (χ1) is 8.73. The SMILES string of the molecule is CCCCCCCC(O)C1(C#N)CC2CCC1C2. The first-order valence-electron chi connectivity index (χ1n) is 7.82. The number of aliphatic hydroxyl groups excluding tert-OH is 1. The predicted octanol–water partition coefficient (Wildman–Crippen LogP) is 4.04. The van der Waals surface area contributed by atoms with Crippen molar-refractivity contribution in [2.24, 2.45) is 17.3 Å². The fraction of sp³-hybridized carbons (Fsp3) is 0.938. The summed E-state index contributed by atoms with van der Waals surface area (Å²) in [6.45, 7) is 2.22. The van der Waals surface area contributed by atoms with Crippen LogP contribution < -0.4 is 0 Å². The second-order valence-electron chi connectivity index (χ2n) is 6.45. The third kappa shape index (κ3) is 2.57. The number of unbranched alkanes of at least 4 members (excludes halogenated alkanes) is 4. The minimum Gasteiger partial charge on any atom is -0.391 e. The molecule has 0 radical (unpaired) electrons. The van der Waals surface area contributed by atoms with E-state index in [1.54, 1.807) is 0 Å². The van der Waals surface area contributed by atoms with Crippen LogP contribution in [0, 0.1) is 28.6 Å². The van der Waals surface area contributed by atoms with Crippen LogP contribution in [0.1, 0.15) is 71.1 Å². The molecule has 2 rings (SSSR count). The molecule has 2 bridgehead atoms. The molecule has 4 atom stereocenters. The molecule has 2 fully saturated rings. The number of hydrogen-bond acceptors (Lipinski definition) is 2. The summed E-state index contributed by atoms with van der Waals surface area (Å²) in [5.74, 6) is 1.21. The summed E-state index contributed by atoms with van der Waals surface area (Å²) >= 11 is 0. The van der Waals surface area contributed by atoms with E-state index in [4.69, 9.17) is 0 Å². The van der Waals surface area contributed by atoms with Crippen molar-refractivity contribution < 1.29 is 5.11 Å². The molecule has 0 aliphatic heterocycles. The van der Waals surface area contributed by atoms with E-state index in [2.05, 4.69) is 13.0 Å². The summed E-state index contributed by atoms with van der Waals surface area (Å²) in [7, 11) is 0. The average molecular weight is 249 g/mol. The molecule has 0 aromatic heterocycles. The van der Waals surface area contributed by atoms with Gasteiger partial charge in [-0.2, -0.15) is 5.26 Å². The number of nitrogens with zero attached hydrogens (tertiary/aromatic N) is 1. The lowest BCUT2D eigenvalue weighted by Gasteiger charge is -2.35. The van der Waals surface area contributed by atoms with Gasteiger partial charge in [0.15, 0.2) is 0 Å². The van der Waals surface area contributed by atoms with Crippen molar-refractivity contribution in [3.63, 3.8) is 0 Å². The molecule has 2 aliphatic carbocycles. The molecule has 0 amide bonds. The molecule has 0 aromatic rings. The standard InChI is InChI=1S/C16H27NO/c1-2-3-4-5-6-7-15(18)16(12-17)11-13-8-9-14(16)10-13/h13-15,18H,2-11H2,1H3. The third-order valence-corrected chi connectivity index (χ3v) is 5.28. The summed E-state index contributed by atoms with van der Waals surface area (Å²) in [4.78, 5) is 0. The maximum Gasteiger partial charge on any atom is 0.0862 e. The van der Waals surface area contributed by atoms with Gasteiger partial charge >= 0.3 is 0 Å². The van der Waals surface area contributed by atoms with Crippen molar-refractivity contribution in [3.05, 3.63) is 0 Å². The molecule has 0 aromatic carbocycles. The lowest BCUT2D eigenvalue weighted by atomic mass is 9.69. The highest BCUT2D eigenvalue weighted by atomic mass is 16.3. The van der Waals surface area contributed by atoms with Gasteiger partial charge in [-0.15, -0.1) is 0 Å². The molecular weight excluding hydrogens is 222 g/mol. The van der Waals surface area contributed by atoms with Crippen LogP contribution in [0.4, 0.5) is 0 Å². The maximum absolute atomic E-state index is 10.5. The molecule has 2 aliphatic rings. The van der Waals surface area contributed by atoms with Gasteiger partial charge in [-0.05, 0) is 37.5 Å². The van der Waals surface area contributed by atoms with Gasteiger partial charge in [-0.3, -0.25) is 0 Å². The second-order valence-corrected chi connectivity index (χ2v) is 6.45. The number of hydrogen-bond donors (Lipinski definition) is 1. The highest BCUT2D eigenvalue weighted by Crippen LogP contribution is 2.57. The molecule has 0 spiro atoms. The predicted molar refractivity (Wildman–Crippen MR) is 72.9 cm³/mol. The van der Waals surface area contributed by atoms with E-state index in [0.717, 1.165) is 25.2 Å². The Morgan fingerprint density at radius 2 is 2.06 bits per heavy atom. The van der Waals surface area contributed by atoms with E-state index >= 15 is 0 Å². The van der Waals surface area contributed by atoms with Gasteiger partial charge in [-0.1, -0.05) is 45.4 Å². The Morgan fingerprint density at radius 3 is 2.61 bits per heavy atom. The molecule has 2 heteroatoms. The number of nitriles is 1. The van der Waals surface area contributed by atoms with Gasteiger partial charge < -0.3 is 5.11 Å². The molecule has 102 valence electrons. The van der Waals surface area contributed by atoms with Crippen LogP contribution in [0.3, 0.4) is 0 Å². The summed E-state index contributed by atoms with van der Waals surface area (Å²) < 4.78 is 0. The summed E-state index contributed by atoms with van der Waals surface area (Å²) in [6.07, 6.45) is 11.2. The minimum absolute atomic E-state index is 0.376. The van der Waals surface area contributed by atoms with Crippen LogP contribution >= 0.6 is 0 Å². The van der Waals surface area contributed by atoms with E-state index in [0.29, 0.717) is 5.92 Å². The fourth-order valence-electron chi connectivity index (χ4n) is 4.19. The average Bonchev–Trinajstić information content (AvgIpc) is 2.98. The third-order valence-electron chi connectivity index (χ3n) is 5.28. The lowest BCUT2D eigenvalue weighted by molar-refractivity contribution is 0.0170. The van der Waals surface area contributed by atoms with Crippen molar-refractivity contribution >= 4 is 0 Å². The van der Waals surface area contributed by atoms with Gasteiger partial charge in [0, 0.05) is 0 Å². The fourth-order valence-corrected chi connectivity index (χ4v) is 4.19. The van der Waals surface area contributed by atoms with Crippen LogP contribution in [0.25, 0.3) is 0 Å². The topological polar surface area (TPSA) is 44.0 Å². The second kappa shape index (κ2) is 6.06. The number of fused-ring (bicyclic) bond motifs is 2. The summed E-state index contributed by atoms with van der Waals surface area (Å²) in [5.41, 5.74) is -0.381. The Morgan fingerprint density at radius 1 is 1.28 bits per heavy atom. The zero-order chi connectivity index (χ0) is 13.0. The molecule has 4 unspecified atom stereocenters. The van der Waals surface area contributed by atoms with Crippen LogP contribution in [-0.2, 0) is 0 Å². The van der Waals surface area contributed by atoms with Crippen LogP contribution in [0.2, 0.25) is 0 Å². The summed E-state index contributed by atoms with van der Waals surface area (Å²) in [6, 6.07) is 2.51. The smallest absolute Gasteiger partial charge is 0.0862 e. The Bertz CT molecular complexity index is 309. The zero-order valence-electron chi connectivity index (χ0n) is 11.7. The highest BCUT2D eigenvalue weighted by Gasteiger charge is 2.54. The van der Waals surface area contributed by atoms with Gasteiger partial charge in [0.2, 0.25) is 0 Å². The van der Waals surface area contributed by atoms with E-state index in [-0.39, 0.29) is 11.5 Å². The zero-order valence-corrected chi connectivity index (χ0v) is 11.7. The van der Waals surface area contributed by atoms with Crippen LogP contribution in [-0.4, -0.2) is 11.2 Å². The largest absolute Gasteiger partial charge is 0.391 e. The van der Waals surface area contributed by atoms with Crippen molar-refractivity contribution in [2.45, 2.75) is 77.2 Å². The van der Waals surface area contributed by atoms with Gasteiger partial charge in [0.25, 0.3) is 0 Å². The van der Waals surface area contributed by atoms with E-state index in [1.165, 1.54) is 44.9 Å². The Balaban J connectivity index is 1.80. The molecule has 18 heavy (non-hydrogen) atoms. The molecule has 0 heterocycles. The first kappa shape index (κ1) is 13.9. The molecule has 1 N–H and O–H groups in total. The molecular formula is C16H27NO. The number of rotatable bonds is 7. The molecule has 2 nitrogen and oxygen atoms in total. The number of aliphatic hydroxyl groups is 1. The van der Waals surface area contributed by atoms with Crippen LogP contribution in [0.15, 0.2) is 0 Å². The minimum atomic E-state index is -0.381. The Labute approximate surface area is 111 Å². The van der Waals surface area contributed by atoms with Crippen molar-refractivity contribution in [1.82, 2.24) is 0 Å². The van der Waals surface area contributed by atoms with Gasteiger partial charge in [0.05, 0.1) is 17.6 Å². The Kier molecular flexibility index (Phi) is 4.67. The quantitative estimate of drug-likeness (QED) is 0.692. The van der Waals surface area contributed by atoms with E-state index in [1.807, 2.05) is 0 Å². The van der Waals surface area contributed by atoms with Crippen LogP contribution in [0.5, 0.6) is 0 Å². The van der Waals surface area contributed by atoms with Gasteiger partial charge in [-0.25, -0.2) is 0 Å². The highest BCUT2D eigenvalue weighted by molar-refractivity contribution is 5.14. The van der Waals surface area contributed by atoms with Crippen molar-refractivity contribution in [2.75, 3.05) is 0 Å². The monoisotopic (exact) mass is 249 g/mol. The normalized spacial score (nSPS) is 35.6.